The number of carbonyl (C=O) groups excluding carboxylic acids is 10. The van der Waals surface area contributed by atoms with Crippen molar-refractivity contribution in [3.63, 3.8) is 0 Å². The number of carbonyl (C=O) groups is 10. The number of rotatable bonds is 16. The van der Waals surface area contributed by atoms with Gasteiger partial charge in [-0.15, -0.1) is 0 Å². The standard InChI is InChI=1S/C31H42O21/c1-12(43-17(6)32)26(37)42-11-22-23(49-27(38)13(2)44-18(7)33)24(50-28(39)14(3)45-19(8)34)25(51-29(40)15(4)46-20(9)35)31(48-22)52-30(41)16(5)47-21(10)36/h12-16,22-25,31H,11H2,1-10H3/t12-,13+,14-,15-,16-,22-,23-,24+,25-,31+/m0/s1. The van der Waals surface area contributed by atoms with Crippen LogP contribution < -0.4 is 0 Å². The highest BCUT2D eigenvalue weighted by atomic mass is 16.8. The van der Waals surface area contributed by atoms with Crippen molar-refractivity contribution >= 4 is 59.7 Å². The summed E-state index contributed by atoms with van der Waals surface area (Å²) in [4.78, 5) is 123. The van der Waals surface area contributed by atoms with Crippen LogP contribution in [0, 0.1) is 0 Å². The Morgan fingerprint density at radius 3 is 1.06 bits per heavy atom. The summed E-state index contributed by atoms with van der Waals surface area (Å²) >= 11 is 0. The second-order valence-electron chi connectivity index (χ2n) is 11.1. The maximum Gasteiger partial charge on any atom is 0.349 e. The third-order valence-corrected chi connectivity index (χ3v) is 6.34. The minimum atomic E-state index is -2.17. The molecule has 0 aromatic heterocycles. The van der Waals surface area contributed by atoms with E-state index < -0.39 is 128 Å². The SMILES string of the molecule is CC(=O)O[C@@H](C)C(=O)OC[C@@H]1O[C@H](OC(=O)[C@H](C)OC(C)=O)[C@@H](OC(=O)[C@H](C)OC(C)=O)[C@H](OC(=O)[C@H](C)OC(C)=O)[C@H]1OC(=O)[C@@H](C)OC(C)=O. The summed E-state index contributed by atoms with van der Waals surface area (Å²) < 4.78 is 56.9. The first-order valence-electron chi connectivity index (χ1n) is 15.5. The normalized spacial score (nSPS) is 22.2. The summed E-state index contributed by atoms with van der Waals surface area (Å²) in [5, 5.41) is 0. The molecule has 1 aliphatic rings. The molecule has 1 rings (SSSR count). The van der Waals surface area contributed by atoms with Gasteiger partial charge in [0.05, 0.1) is 0 Å². The van der Waals surface area contributed by atoms with Gasteiger partial charge in [0.15, 0.2) is 42.7 Å². The molecule has 1 heterocycles. The number of ether oxygens (including phenoxy) is 11. The predicted molar refractivity (Wildman–Crippen MR) is 161 cm³/mol. The van der Waals surface area contributed by atoms with Crippen LogP contribution >= 0.6 is 0 Å². The first-order valence-corrected chi connectivity index (χ1v) is 15.5. The molecule has 0 aromatic rings. The molecule has 0 saturated carbocycles. The zero-order chi connectivity index (χ0) is 40.0. The minimum absolute atomic E-state index is 0.847. The van der Waals surface area contributed by atoms with Gasteiger partial charge in [-0.2, -0.15) is 0 Å². The van der Waals surface area contributed by atoms with E-state index in [0.717, 1.165) is 69.2 Å². The average molecular weight is 751 g/mol. The summed E-state index contributed by atoms with van der Waals surface area (Å²) in [7, 11) is 0. The smallest absolute Gasteiger partial charge is 0.349 e. The zero-order valence-electron chi connectivity index (χ0n) is 30.1. The van der Waals surface area contributed by atoms with Gasteiger partial charge >= 0.3 is 59.7 Å². The van der Waals surface area contributed by atoms with Crippen LogP contribution in [-0.4, -0.2) is 128 Å². The lowest BCUT2D eigenvalue weighted by atomic mass is 9.97. The molecule has 21 heteroatoms. The minimum Gasteiger partial charge on any atom is -0.460 e. The first-order chi connectivity index (χ1) is 24.0. The summed E-state index contributed by atoms with van der Waals surface area (Å²) in [5.41, 5.74) is 0. The van der Waals surface area contributed by atoms with Crippen molar-refractivity contribution in [1.29, 1.82) is 0 Å². The van der Waals surface area contributed by atoms with E-state index in [1.165, 1.54) is 0 Å². The fourth-order valence-corrected chi connectivity index (χ4v) is 4.18. The van der Waals surface area contributed by atoms with Crippen molar-refractivity contribution in [1.82, 2.24) is 0 Å². The summed E-state index contributed by atoms with van der Waals surface area (Å²) in [6, 6.07) is 0. The molecular formula is C31H42O21. The topological polar surface area (TPSA) is 272 Å². The average Bonchev–Trinajstić information content (AvgIpc) is 3.00. The van der Waals surface area contributed by atoms with Crippen molar-refractivity contribution in [2.75, 3.05) is 6.61 Å². The molecule has 1 aliphatic heterocycles. The lowest BCUT2D eigenvalue weighted by Gasteiger charge is -2.44. The second-order valence-corrected chi connectivity index (χ2v) is 11.1. The molecule has 0 radical (unpaired) electrons. The maximum absolute atomic E-state index is 13.2. The molecule has 21 nitrogen and oxygen atoms in total. The van der Waals surface area contributed by atoms with Gasteiger partial charge in [0.2, 0.25) is 12.4 Å². The lowest BCUT2D eigenvalue weighted by Crippen LogP contribution is -2.64. The van der Waals surface area contributed by atoms with Gasteiger partial charge < -0.3 is 52.1 Å². The van der Waals surface area contributed by atoms with Gasteiger partial charge in [-0.3, -0.25) is 24.0 Å². The van der Waals surface area contributed by atoms with Gasteiger partial charge in [0.25, 0.3) is 0 Å². The second kappa shape index (κ2) is 20.5. The summed E-state index contributed by atoms with van der Waals surface area (Å²) in [6.07, 6.45) is -18.2. The van der Waals surface area contributed by atoms with Crippen LogP contribution in [0.2, 0.25) is 0 Å². The van der Waals surface area contributed by atoms with E-state index in [1.807, 2.05) is 0 Å². The van der Waals surface area contributed by atoms with Gasteiger partial charge in [0.1, 0.15) is 12.7 Å². The van der Waals surface area contributed by atoms with E-state index in [9.17, 15) is 47.9 Å². The molecular weight excluding hydrogens is 708 g/mol. The monoisotopic (exact) mass is 750 g/mol. The van der Waals surface area contributed by atoms with Gasteiger partial charge in [-0.1, -0.05) is 0 Å². The van der Waals surface area contributed by atoms with E-state index in [-0.39, 0.29) is 0 Å². The molecule has 52 heavy (non-hydrogen) atoms. The van der Waals surface area contributed by atoms with Gasteiger partial charge in [0, 0.05) is 34.6 Å². The van der Waals surface area contributed by atoms with E-state index in [0.29, 0.717) is 0 Å². The fraction of sp³-hybridized carbons (Fsp3) is 0.677. The lowest BCUT2D eigenvalue weighted by molar-refractivity contribution is -0.305. The van der Waals surface area contributed by atoms with Crippen molar-refractivity contribution < 1.29 is 100 Å². The maximum atomic E-state index is 13.2. The van der Waals surface area contributed by atoms with Crippen LogP contribution in [0.5, 0.6) is 0 Å². The van der Waals surface area contributed by atoms with Gasteiger partial charge in [-0.25, -0.2) is 24.0 Å². The Morgan fingerprint density at radius 2 is 0.712 bits per heavy atom. The molecule has 0 unspecified atom stereocenters. The highest BCUT2D eigenvalue weighted by Crippen LogP contribution is 2.31. The van der Waals surface area contributed by atoms with Crippen molar-refractivity contribution in [2.45, 2.75) is 130 Å². The molecule has 0 N–H and O–H groups in total. The van der Waals surface area contributed by atoms with Gasteiger partial charge in [-0.05, 0) is 34.6 Å². The van der Waals surface area contributed by atoms with Crippen LogP contribution in [0.1, 0.15) is 69.2 Å². The third kappa shape index (κ3) is 14.9. The van der Waals surface area contributed by atoms with E-state index in [1.54, 1.807) is 0 Å². The first kappa shape index (κ1) is 44.7. The largest absolute Gasteiger partial charge is 0.460 e. The highest BCUT2D eigenvalue weighted by Gasteiger charge is 2.55. The Hall–Kier alpha value is -5.34. The quantitative estimate of drug-likeness (QED) is 0.139. The molecule has 0 spiro atoms. The highest BCUT2D eigenvalue weighted by molar-refractivity contribution is 5.81. The molecule has 0 aromatic carbocycles. The summed E-state index contributed by atoms with van der Waals surface area (Å²) in [5.74, 6) is -11.0. The van der Waals surface area contributed by atoms with Crippen LogP contribution in [0.3, 0.4) is 0 Å². The molecule has 0 aliphatic carbocycles. The Morgan fingerprint density at radius 1 is 0.423 bits per heavy atom. The molecule has 0 amide bonds. The fourth-order valence-electron chi connectivity index (χ4n) is 4.18. The molecule has 1 fully saturated rings. The predicted octanol–water partition coefficient (Wildman–Crippen LogP) is -0.709. The van der Waals surface area contributed by atoms with E-state index in [4.69, 9.17) is 52.1 Å². The van der Waals surface area contributed by atoms with Crippen molar-refractivity contribution in [3.05, 3.63) is 0 Å². The Balaban J connectivity index is 3.89. The van der Waals surface area contributed by atoms with E-state index in [2.05, 4.69) is 0 Å². The molecule has 1 saturated heterocycles. The number of hydrogen-bond acceptors (Lipinski definition) is 21. The van der Waals surface area contributed by atoms with E-state index >= 15 is 0 Å². The molecule has 0 bridgehead atoms. The Kier molecular flexibility index (Phi) is 17.6. The third-order valence-electron chi connectivity index (χ3n) is 6.34. The molecule has 292 valence electrons. The summed E-state index contributed by atoms with van der Waals surface area (Å²) in [6.45, 7) is 9.54. The van der Waals surface area contributed by atoms with Crippen molar-refractivity contribution in [3.8, 4) is 0 Å². The van der Waals surface area contributed by atoms with Crippen LogP contribution in [0.25, 0.3) is 0 Å². The van der Waals surface area contributed by atoms with Crippen LogP contribution in [0.15, 0.2) is 0 Å². The zero-order valence-corrected chi connectivity index (χ0v) is 30.1. The molecule has 10 atom stereocenters. The Labute approximate surface area is 297 Å². The van der Waals surface area contributed by atoms with Crippen molar-refractivity contribution in [2.24, 2.45) is 0 Å². The number of esters is 10. The van der Waals surface area contributed by atoms with Crippen LogP contribution in [-0.2, 0) is 100 Å². The Bertz CT molecular complexity index is 1370. The number of hydrogen-bond donors (Lipinski definition) is 0. The van der Waals surface area contributed by atoms with Crippen LogP contribution in [0.4, 0.5) is 0 Å².